The fraction of sp³-hybridized carbons (Fsp3) is 0.941. The maximum atomic E-state index is 12.6. The van der Waals surface area contributed by atoms with Crippen LogP contribution in [-0.4, -0.2) is 82.5 Å². The molecule has 0 aliphatic carbocycles. The molecule has 0 aromatic carbocycles. The fourth-order valence-corrected chi connectivity index (χ4v) is 4.18. The molecule has 174 valence electrons. The smallest absolute Gasteiger partial charge is 0.356 e. The van der Waals surface area contributed by atoms with Gasteiger partial charge in [0.25, 0.3) is 0 Å². The number of halogens is 4. The van der Waals surface area contributed by atoms with E-state index in [0.29, 0.717) is 41.6 Å². The molecule has 7 nitrogen and oxygen atoms in total. The molecule has 12 heteroatoms. The third-order valence-corrected chi connectivity index (χ3v) is 6.60. The number of guanidine groups is 1. The van der Waals surface area contributed by atoms with E-state index in [1.54, 1.807) is 7.05 Å². The number of rotatable bonds is 8. The van der Waals surface area contributed by atoms with Crippen molar-refractivity contribution in [2.24, 2.45) is 16.8 Å². The number of sulfonamides is 1. The van der Waals surface area contributed by atoms with Crippen molar-refractivity contribution in [3.63, 3.8) is 0 Å². The molecule has 0 saturated carbocycles. The summed E-state index contributed by atoms with van der Waals surface area (Å²) >= 11 is 0. The zero-order chi connectivity index (χ0) is 21.5. The lowest BCUT2D eigenvalue weighted by Crippen LogP contribution is -2.48. The highest BCUT2D eigenvalue weighted by atomic mass is 127. The molecule has 0 aromatic rings. The summed E-state index contributed by atoms with van der Waals surface area (Å²) in [6, 6.07) is 0.356. The first-order chi connectivity index (χ1) is 12.9. The SMILES string of the molecule is CN=C(NCC1CCN(S(=O)(=O)C(F)(F)F)CC1)NCC(CC(C)C)N(C)C.I. The summed E-state index contributed by atoms with van der Waals surface area (Å²) < 4.78 is 61.3. The molecule has 1 saturated heterocycles. The molecule has 2 N–H and O–H groups in total. The van der Waals surface area contributed by atoms with Gasteiger partial charge in [-0.2, -0.15) is 17.5 Å². The van der Waals surface area contributed by atoms with Crippen LogP contribution >= 0.6 is 24.0 Å². The lowest BCUT2D eigenvalue weighted by molar-refractivity contribution is -0.0496. The van der Waals surface area contributed by atoms with E-state index in [0.717, 1.165) is 13.0 Å². The predicted molar refractivity (Wildman–Crippen MR) is 121 cm³/mol. The Morgan fingerprint density at radius 3 is 2.17 bits per heavy atom. The Labute approximate surface area is 189 Å². The molecular formula is C17H35F3IN5O2S. The van der Waals surface area contributed by atoms with Gasteiger partial charge in [-0.3, -0.25) is 4.99 Å². The Morgan fingerprint density at radius 1 is 1.21 bits per heavy atom. The van der Waals surface area contributed by atoms with Crippen molar-refractivity contribution in [3.05, 3.63) is 0 Å². The maximum absolute atomic E-state index is 12.6. The average molecular weight is 557 g/mol. The number of aliphatic imine (C=N–C) groups is 1. The first-order valence-corrected chi connectivity index (χ1v) is 11.0. The van der Waals surface area contributed by atoms with Crippen LogP contribution in [0.5, 0.6) is 0 Å². The van der Waals surface area contributed by atoms with Gasteiger partial charge in [-0.1, -0.05) is 13.8 Å². The van der Waals surface area contributed by atoms with Gasteiger partial charge < -0.3 is 15.5 Å². The number of nitrogens with zero attached hydrogens (tertiary/aromatic N) is 3. The standard InChI is InChI=1S/C17H34F3N5O2S.HI/c1-13(2)10-15(24(4)5)12-23-16(21-3)22-11-14-6-8-25(9-7-14)28(26,27)17(18,19)20;/h13-15H,6-12H2,1-5H3,(H2,21,22,23);1H. The van der Waals surface area contributed by atoms with E-state index in [9.17, 15) is 21.6 Å². The van der Waals surface area contributed by atoms with Gasteiger partial charge in [0.2, 0.25) is 0 Å². The van der Waals surface area contributed by atoms with Crippen molar-refractivity contribution >= 4 is 40.0 Å². The summed E-state index contributed by atoms with van der Waals surface area (Å²) in [5, 5.41) is 6.49. The van der Waals surface area contributed by atoms with Gasteiger partial charge in [0.15, 0.2) is 5.96 Å². The van der Waals surface area contributed by atoms with E-state index in [-0.39, 0.29) is 43.0 Å². The summed E-state index contributed by atoms with van der Waals surface area (Å²) in [5.41, 5.74) is -5.23. The Kier molecular flexibility index (Phi) is 12.4. The van der Waals surface area contributed by atoms with Gasteiger partial charge in [0.05, 0.1) is 0 Å². The summed E-state index contributed by atoms with van der Waals surface area (Å²) in [6.45, 7) is 5.39. The van der Waals surface area contributed by atoms with Crippen molar-refractivity contribution < 1.29 is 21.6 Å². The van der Waals surface area contributed by atoms with E-state index in [2.05, 4.69) is 34.4 Å². The van der Waals surface area contributed by atoms with Gasteiger partial charge in [0, 0.05) is 39.3 Å². The predicted octanol–water partition coefficient (Wildman–Crippen LogP) is 2.31. The van der Waals surface area contributed by atoms with Gasteiger partial charge in [0.1, 0.15) is 0 Å². The lowest BCUT2D eigenvalue weighted by Gasteiger charge is -2.32. The summed E-state index contributed by atoms with van der Waals surface area (Å²) in [4.78, 5) is 6.35. The van der Waals surface area contributed by atoms with Crippen LogP contribution in [0.15, 0.2) is 4.99 Å². The van der Waals surface area contributed by atoms with Crippen LogP contribution in [0.2, 0.25) is 0 Å². The molecule has 0 radical (unpaired) electrons. The minimum absolute atomic E-state index is 0. The molecule has 1 heterocycles. The van der Waals surface area contributed by atoms with Crippen molar-refractivity contribution in [2.75, 3.05) is 47.3 Å². The summed E-state index contributed by atoms with van der Waals surface area (Å²) in [5.74, 6) is 1.31. The molecule has 0 amide bonds. The number of nitrogens with one attached hydrogen (secondary N) is 2. The molecule has 0 bridgehead atoms. The molecule has 0 spiro atoms. The second-order valence-corrected chi connectivity index (χ2v) is 9.80. The normalized spacial score (nSPS) is 18.6. The Hall–Kier alpha value is -0.340. The Morgan fingerprint density at radius 2 is 1.76 bits per heavy atom. The van der Waals surface area contributed by atoms with E-state index in [4.69, 9.17) is 0 Å². The largest absolute Gasteiger partial charge is 0.511 e. The van der Waals surface area contributed by atoms with E-state index >= 15 is 0 Å². The van der Waals surface area contributed by atoms with Gasteiger partial charge in [-0.05, 0) is 45.2 Å². The Balaban J connectivity index is 0.00000784. The van der Waals surface area contributed by atoms with Crippen molar-refractivity contribution in [3.8, 4) is 0 Å². The molecule has 0 aromatic heterocycles. The van der Waals surface area contributed by atoms with E-state index in [1.165, 1.54) is 0 Å². The van der Waals surface area contributed by atoms with Crippen LogP contribution in [-0.2, 0) is 10.0 Å². The van der Waals surface area contributed by atoms with Crippen LogP contribution in [0.3, 0.4) is 0 Å². The van der Waals surface area contributed by atoms with E-state index in [1.807, 2.05) is 14.1 Å². The summed E-state index contributed by atoms with van der Waals surface area (Å²) in [7, 11) is 0.515. The minimum atomic E-state index is -5.23. The van der Waals surface area contributed by atoms with E-state index < -0.39 is 15.5 Å². The van der Waals surface area contributed by atoms with Crippen molar-refractivity contribution in [1.82, 2.24) is 19.8 Å². The van der Waals surface area contributed by atoms with Gasteiger partial charge in [-0.15, -0.1) is 24.0 Å². The number of likely N-dealkylation sites (N-methyl/N-ethyl adjacent to an activating group) is 1. The zero-order valence-corrected chi connectivity index (χ0v) is 20.9. The number of hydrogen-bond acceptors (Lipinski definition) is 4. The molecule has 1 aliphatic heterocycles. The monoisotopic (exact) mass is 557 g/mol. The number of alkyl halides is 3. The first kappa shape index (κ1) is 28.7. The van der Waals surface area contributed by atoms with Crippen LogP contribution in [0.25, 0.3) is 0 Å². The van der Waals surface area contributed by atoms with Crippen molar-refractivity contribution in [1.29, 1.82) is 0 Å². The number of hydrogen-bond donors (Lipinski definition) is 2. The Bertz CT molecular complexity index is 607. The van der Waals surface area contributed by atoms with Crippen LogP contribution < -0.4 is 10.6 Å². The fourth-order valence-electron chi connectivity index (χ4n) is 3.20. The van der Waals surface area contributed by atoms with Gasteiger partial charge >= 0.3 is 15.5 Å². The molecule has 1 rings (SSSR count). The lowest BCUT2D eigenvalue weighted by atomic mass is 9.98. The first-order valence-electron chi connectivity index (χ1n) is 9.55. The third-order valence-electron chi connectivity index (χ3n) is 4.97. The zero-order valence-electron chi connectivity index (χ0n) is 17.8. The average Bonchev–Trinajstić information content (AvgIpc) is 2.59. The second kappa shape index (κ2) is 12.5. The third kappa shape index (κ3) is 9.13. The molecule has 1 fully saturated rings. The van der Waals surface area contributed by atoms with Crippen LogP contribution in [0, 0.1) is 11.8 Å². The highest BCUT2D eigenvalue weighted by Crippen LogP contribution is 2.30. The van der Waals surface area contributed by atoms with Crippen LogP contribution in [0.1, 0.15) is 33.1 Å². The quantitative estimate of drug-likeness (QED) is 0.272. The number of piperidine rings is 1. The van der Waals surface area contributed by atoms with Crippen molar-refractivity contribution in [2.45, 2.75) is 44.7 Å². The molecule has 29 heavy (non-hydrogen) atoms. The summed E-state index contributed by atoms with van der Waals surface area (Å²) in [6.07, 6.45) is 1.81. The van der Waals surface area contributed by atoms with Crippen LogP contribution in [0.4, 0.5) is 13.2 Å². The minimum Gasteiger partial charge on any atom is -0.356 e. The van der Waals surface area contributed by atoms with Gasteiger partial charge in [-0.25, -0.2) is 8.42 Å². The highest BCUT2D eigenvalue weighted by molar-refractivity contribution is 14.0. The maximum Gasteiger partial charge on any atom is 0.511 e. The topological polar surface area (TPSA) is 77.0 Å². The highest BCUT2D eigenvalue weighted by Gasteiger charge is 2.50. The second-order valence-electron chi connectivity index (χ2n) is 7.87. The molecule has 1 aliphatic rings. The molecular weight excluding hydrogens is 522 g/mol. The molecule has 1 unspecified atom stereocenters. The molecule has 1 atom stereocenters.